The van der Waals surface area contributed by atoms with E-state index in [4.69, 9.17) is 16.3 Å². The van der Waals surface area contributed by atoms with Gasteiger partial charge in [-0.25, -0.2) is 0 Å². The Bertz CT molecular complexity index is 995. The lowest BCUT2D eigenvalue weighted by atomic mass is 9.94. The van der Waals surface area contributed by atoms with Gasteiger partial charge in [0.25, 0.3) is 0 Å². The number of benzene rings is 2. The van der Waals surface area contributed by atoms with Crippen LogP contribution in [0, 0.1) is 6.92 Å². The van der Waals surface area contributed by atoms with E-state index in [-0.39, 0.29) is 5.92 Å². The minimum Gasteiger partial charge on any atom is -0.457 e. The number of hydrogen-bond donors (Lipinski definition) is 0. The van der Waals surface area contributed by atoms with Gasteiger partial charge < -0.3 is 9.64 Å². The number of halogens is 1. The first-order valence-corrected chi connectivity index (χ1v) is 10.1. The summed E-state index contributed by atoms with van der Waals surface area (Å²) in [6.07, 6.45) is 5.91. The van der Waals surface area contributed by atoms with Crippen LogP contribution in [-0.2, 0) is 4.79 Å². The fraction of sp³-hybridized carbons (Fsp3) is 0.208. The summed E-state index contributed by atoms with van der Waals surface area (Å²) in [5.41, 5.74) is 2.66. The smallest absolute Gasteiger partial charge is 0.209 e. The van der Waals surface area contributed by atoms with Crippen molar-refractivity contribution in [2.75, 3.05) is 13.1 Å². The van der Waals surface area contributed by atoms with Crippen LogP contribution in [0.15, 0.2) is 67.0 Å². The van der Waals surface area contributed by atoms with E-state index in [9.17, 15) is 9.59 Å². The van der Waals surface area contributed by atoms with Crippen LogP contribution in [0.2, 0.25) is 5.02 Å². The molecule has 4 rings (SSSR count). The van der Waals surface area contributed by atoms with Crippen molar-refractivity contribution in [1.29, 1.82) is 0 Å². The number of aromatic nitrogens is 1. The number of hydrogen-bond acceptors (Lipinski definition) is 4. The number of pyridine rings is 1. The standard InChI is InChI=1S/C19H19NO3.C5H4ClN/c1-14-4-2-3-5-19(14)23-17-6-7-18(16(10-17)12-21)15-8-9-20(11-15)13-22;6-5-2-1-3-7-4-5/h2-7,10,12-13,15H,8-9,11H2,1H3;1-4H. The lowest BCUT2D eigenvalue weighted by molar-refractivity contribution is -0.117. The molecule has 0 spiro atoms. The number of carbonyl (C=O) groups excluding carboxylic acids is 2. The highest BCUT2D eigenvalue weighted by molar-refractivity contribution is 6.30. The van der Waals surface area contributed by atoms with Gasteiger partial charge in [0, 0.05) is 37.0 Å². The summed E-state index contributed by atoms with van der Waals surface area (Å²) >= 11 is 5.48. The number of rotatable bonds is 5. The van der Waals surface area contributed by atoms with Crippen molar-refractivity contribution in [2.45, 2.75) is 19.3 Å². The molecule has 1 atom stereocenters. The van der Waals surface area contributed by atoms with E-state index in [0.29, 0.717) is 22.9 Å². The molecule has 2 aromatic carbocycles. The SMILES string of the molecule is Cc1ccccc1Oc1ccc(C2CCN(C=O)C2)c(C=O)c1.Clc1cccnc1. The van der Waals surface area contributed by atoms with Gasteiger partial charge >= 0.3 is 0 Å². The third-order valence-electron chi connectivity index (χ3n) is 4.94. The van der Waals surface area contributed by atoms with Crippen molar-refractivity contribution in [3.63, 3.8) is 0 Å². The van der Waals surface area contributed by atoms with E-state index < -0.39 is 0 Å². The average Bonchev–Trinajstić information content (AvgIpc) is 3.25. The number of nitrogens with zero attached hydrogens (tertiary/aromatic N) is 2. The highest BCUT2D eigenvalue weighted by atomic mass is 35.5. The monoisotopic (exact) mass is 422 g/mol. The molecule has 2 heterocycles. The van der Waals surface area contributed by atoms with Crippen molar-refractivity contribution in [1.82, 2.24) is 9.88 Å². The summed E-state index contributed by atoms with van der Waals surface area (Å²) in [5, 5.41) is 0.683. The summed E-state index contributed by atoms with van der Waals surface area (Å²) in [7, 11) is 0. The molecule has 0 saturated carbocycles. The second kappa shape index (κ2) is 10.6. The van der Waals surface area contributed by atoms with E-state index in [1.165, 1.54) is 0 Å². The van der Waals surface area contributed by atoms with Crippen LogP contribution in [0.3, 0.4) is 0 Å². The number of aryl methyl sites for hydroxylation is 1. The molecule has 3 aromatic rings. The van der Waals surface area contributed by atoms with Crippen LogP contribution >= 0.6 is 11.6 Å². The fourth-order valence-electron chi connectivity index (χ4n) is 3.37. The summed E-state index contributed by atoms with van der Waals surface area (Å²) in [6, 6.07) is 17.0. The predicted octanol–water partition coefficient (Wildman–Crippen LogP) is 5.28. The zero-order valence-electron chi connectivity index (χ0n) is 16.7. The molecular formula is C24H23ClN2O3. The number of carbonyl (C=O) groups is 2. The van der Waals surface area contributed by atoms with Crippen LogP contribution in [-0.4, -0.2) is 35.7 Å². The van der Waals surface area contributed by atoms with Gasteiger partial charge in [0.2, 0.25) is 6.41 Å². The topological polar surface area (TPSA) is 59.5 Å². The van der Waals surface area contributed by atoms with E-state index in [1.807, 2.05) is 43.3 Å². The third kappa shape index (κ3) is 5.67. The Labute approximate surface area is 181 Å². The normalized spacial score (nSPS) is 15.1. The number of amides is 1. The zero-order chi connectivity index (χ0) is 21.3. The van der Waals surface area contributed by atoms with Gasteiger partial charge in [-0.2, -0.15) is 0 Å². The van der Waals surface area contributed by atoms with E-state index in [0.717, 1.165) is 42.5 Å². The lowest BCUT2D eigenvalue weighted by Crippen LogP contribution is -2.17. The Balaban J connectivity index is 0.000000310. The molecule has 0 aliphatic carbocycles. The molecule has 0 radical (unpaired) electrons. The van der Waals surface area contributed by atoms with Crippen LogP contribution in [0.25, 0.3) is 0 Å². The van der Waals surface area contributed by atoms with Crippen molar-refractivity contribution in [3.8, 4) is 11.5 Å². The first-order chi connectivity index (χ1) is 14.6. The first kappa shape index (κ1) is 21.5. The fourth-order valence-corrected chi connectivity index (χ4v) is 3.50. The van der Waals surface area contributed by atoms with Gasteiger partial charge in [0.15, 0.2) is 0 Å². The Hall–Kier alpha value is -3.18. The maximum absolute atomic E-state index is 11.5. The number of ether oxygens (including phenoxy) is 1. The van der Waals surface area contributed by atoms with Crippen molar-refractivity contribution in [3.05, 3.63) is 88.7 Å². The van der Waals surface area contributed by atoms with Gasteiger partial charge in [-0.3, -0.25) is 14.6 Å². The highest BCUT2D eigenvalue weighted by Gasteiger charge is 2.24. The van der Waals surface area contributed by atoms with Crippen molar-refractivity contribution < 1.29 is 14.3 Å². The highest BCUT2D eigenvalue weighted by Crippen LogP contribution is 2.32. The zero-order valence-corrected chi connectivity index (χ0v) is 17.5. The molecule has 0 bridgehead atoms. The summed E-state index contributed by atoms with van der Waals surface area (Å²) < 4.78 is 5.89. The molecule has 1 aliphatic rings. The number of aldehydes is 1. The van der Waals surface area contributed by atoms with Gasteiger partial charge in [-0.05, 0) is 54.8 Å². The van der Waals surface area contributed by atoms with Crippen molar-refractivity contribution >= 4 is 24.3 Å². The Morgan fingerprint density at radius 2 is 1.97 bits per heavy atom. The third-order valence-corrected chi connectivity index (χ3v) is 5.16. The number of para-hydroxylation sites is 1. The molecule has 30 heavy (non-hydrogen) atoms. The Morgan fingerprint density at radius 1 is 1.13 bits per heavy atom. The minimum atomic E-state index is 0.216. The molecule has 1 saturated heterocycles. The molecule has 1 amide bonds. The largest absolute Gasteiger partial charge is 0.457 e. The quantitative estimate of drug-likeness (QED) is 0.525. The molecule has 0 N–H and O–H groups in total. The maximum Gasteiger partial charge on any atom is 0.209 e. The Kier molecular flexibility index (Phi) is 7.57. The molecule has 1 aliphatic heterocycles. The number of likely N-dealkylation sites (tertiary alicyclic amines) is 1. The maximum atomic E-state index is 11.5. The molecule has 6 heteroatoms. The lowest BCUT2D eigenvalue weighted by Gasteiger charge is -2.15. The molecule has 154 valence electrons. The van der Waals surface area contributed by atoms with Crippen molar-refractivity contribution in [2.24, 2.45) is 0 Å². The second-order valence-electron chi connectivity index (χ2n) is 7.03. The molecule has 1 fully saturated rings. The molecule has 1 aromatic heterocycles. The van der Waals surface area contributed by atoms with E-state index >= 15 is 0 Å². The predicted molar refractivity (Wildman–Crippen MR) is 117 cm³/mol. The van der Waals surface area contributed by atoms with E-state index in [2.05, 4.69) is 4.98 Å². The minimum absolute atomic E-state index is 0.216. The van der Waals surface area contributed by atoms with E-state index in [1.54, 1.807) is 35.5 Å². The molecular weight excluding hydrogens is 400 g/mol. The van der Waals surface area contributed by atoms with Crippen LogP contribution in [0.5, 0.6) is 11.5 Å². The van der Waals surface area contributed by atoms with Gasteiger partial charge in [-0.1, -0.05) is 35.9 Å². The van der Waals surface area contributed by atoms with Crippen LogP contribution in [0.1, 0.15) is 33.8 Å². The van der Waals surface area contributed by atoms with Gasteiger partial charge in [-0.15, -0.1) is 0 Å². The molecule has 1 unspecified atom stereocenters. The van der Waals surface area contributed by atoms with Crippen LogP contribution < -0.4 is 4.74 Å². The second-order valence-corrected chi connectivity index (χ2v) is 7.47. The average molecular weight is 423 g/mol. The van der Waals surface area contributed by atoms with Crippen LogP contribution in [0.4, 0.5) is 0 Å². The summed E-state index contributed by atoms with van der Waals surface area (Å²) in [4.78, 5) is 27.8. The van der Waals surface area contributed by atoms with Gasteiger partial charge in [0.05, 0.1) is 5.02 Å². The molecule has 5 nitrogen and oxygen atoms in total. The Morgan fingerprint density at radius 3 is 2.57 bits per heavy atom. The first-order valence-electron chi connectivity index (χ1n) is 9.68. The van der Waals surface area contributed by atoms with Gasteiger partial charge in [0.1, 0.15) is 17.8 Å². The summed E-state index contributed by atoms with van der Waals surface area (Å²) in [6.45, 7) is 3.40. The summed E-state index contributed by atoms with van der Waals surface area (Å²) in [5.74, 6) is 1.65.